The van der Waals surface area contributed by atoms with Crippen LogP contribution in [0, 0.1) is 0 Å². The third-order valence-corrected chi connectivity index (χ3v) is 3.80. The highest BCUT2D eigenvalue weighted by atomic mass is 19.4. The maximum Gasteiger partial charge on any atom is 0.416 e. The molecule has 1 aromatic rings. The van der Waals surface area contributed by atoms with Crippen LogP contribution in [0.4, 0.5) is 36.8 Å². The predicted octanol–water partition coefficient (Wildman–Crippen LogP) is 3.85. The summed E-state index contributed by atoms with van der Waals surface area (Å²) >= 11 is 0. The smallest absolute Gasteiger partial charge is 0.335 e. The molecule has 2 rings (SSSR count). The molecule has 0 unspecified atom stereocenters. The Bertz CT molecular complexity index is 576. The molecule has 0 radical (unpaired) electrons. The molecule has 1 fully saturated rings. The van der Waals surface area contributed by atoms with Gasteiger partial charge < -0.3 is 10.6 Å². The Morgan fingerprint density at radius 2 is 1.60 bits per heavy atom. The fourth-order valence-corrected chi connectivity index (χ4v) is 2.58. The standard InChI is InChI=1S/C15H17F6N3O/c16-14(17,18)9-24-7-5-12(6-8-24)23-13(25)22-11-3-1-10(2-4-11)15(19,20)21/h1-4,12H,5-9H2,(H2,22,23,25). The molecule has 0 atom stereocenters. The Hall–Kier alpha value is -1.97. The molecule has 1 aromatic carbocycles. The van der Waals surface area contributed by atoms with Crippen molar-refractivity contribution in [1.82, 2.24) is 10.2 Å². The van der Waals surface area contributed by atoms with Crippen molar-refractivity contribution in [2.45, 2.75) is 31.2 Å². The van der Waals surface area contributed by atoms with Gasteiger partial charge in [-0.25, -0.2) is 4.79 Å². The second-order valence-corrected chi connectivity index (χ2v) is 5.84. The van der Waals surface area contributed by atoms with Crippen LogP contribution >= 0.6 is 0 Å². The molecule has 140 valence electrons. The van der Waals surface area contributed by atoms with Crippen molar-refractivity contribution in [1.29, 1.82) is 0 Å². The fourth-order valence-electron chi connectivity index (χ4n) is 2.58. The van der Waals surface area contributed by atoms with Crippen molar-refractivity contribution < 1.29 is 31.1 Å². The quantitative estimate of drug-likeness (QED) is 0.795. The minimum absolute atomic E-state index is 0.194. The van der Waals surface area contributed by atoms with Gasteiger partial charge in [0.15, 0.2) is 0 Å². The first-order valence-electron chi connectivity index (χ1n) is 7.57. The van der Waals surface area contributed by atoms with Gasteiger partial charge in [-0.3, -0.25) is 4.90 Å². The van der Waals surface area contributed by atoms with Crippen molar-refractivity contribution in [3.8, 4) is 0 Å². The minimum atomic E-state index is -4.45. The molecular formula is C15H17F6N3O. The Labute approximate surface area is 140 Å². The first-order valence-corrected chi connectivity index (χ1v) is 7.57. The van der Waals surface area contributed by atoms with Crippen molar-refractivity contribution in [2.24, 2.45) is 0 Å². The number of halogens is 6. The van der Waals surface area contributed by atoms with Crippen LogP contribution in [0.25, 0.3) is 0 Å². The Morgan fingerprint density at radius 3 is 2.08 bits per heavy atom. The zero-order valence-corrected chi connectivity index (χ0v) is 13.0. The summed E-state index contributed by atoms with van der Waals surface area (Å²) in [5, 5.41) is 5.02. The molecular weight excluding hydrogens is 352 g/mol. The number of anilines is 1. The van der Waals surface area contributed by atoms with Crippen LogP contribution in [-0.4, -0.2) is 42.8 Å². The number of hydrogen-bond acceptors (Lipinski definition) is 2. The van der Waals surface area contributed by atoms with E-state index in [0.29, 0.717) is 12.8 Å². The summed E-state index contributed by atoms with van der Waals surface area (Å²) < 4.78 is 74.3. The maximum atomic E-state index is 12.5. The second kappa shape index (κ2) is 7.51. The van der Waals surface area contributed by atoms with E-state index in [1.807, 2.05) is 0 Å². The van der Waals surface area contributed by atoms with Crippen LogP contribution in [0.5, 0.6) is 0 Å². The number of rotatable bonds is 3. The van der Waals surface area contributed by atoms with E-state index in [0.717, 1.165) is 24.3 Å². The van der Waals surface area contributed by atoms with Crippen molar-refractivity contribution in [2.75, 3.05) is 25.0 Å². The summed E-state index contributed by atoms with van der Waals surface area (Å²) in [5.41, 5.74) is -0.629. The summed E-state index contributed by atoms with van der Waals surface area (Å²) in [6.07, 6.45) is -7.96. The molecule has 1 saturated heterocycles. The van der Waals surface area contributed by atoms with Crippen LogP contribution in [-0.2, 0) is 6.18 Å². The van der Waals surface area contributed by atoms with Gasteiger partial charge in [-0.1, -0.05) is 0 Å². The number of piperidine rings is 1. The molecule has 1 heterocycles. The molecule has 2 amide bonds. The topological polar surface area (TPSA) is 44.4 Å². The summed E-state index contributed by atoms with van der Waals surface area (Å²) in [7, 11) is 0. The lowest BCUT2D eigenvalue weighted by Crippen LogP contribution is -2.47. The highest BCUT2D eigenvalue weighted by Gasteiger charge is 2.33. The number of nitrogens with zero attached hydrogens (tertiary/aromatic N) is 1. The number of urea groups is 1. The van der Waals surface area contributed by atoms with E-state index in [9.17, 15) is 31.1 Å². The van der Waals surface area contributed by atoms with Gasteiger partial charge in [-0.05, 0) is 37.1 Å². The van der Waals surface area contributed by atoms with E-state index in [2.05, 4.69) is 10.6 Å². The van der Waals surface area contributed by atoms with Crippen molar-refractivity contribution in [3.05, 3.63) is 29.8 Å². The molecule has 4 nitrogen and oxygen atoms in total. The van der Waals surface area contributed by atoms with Crippen LogP contribution in [0.15, 0.2) is 24.3 Å². The number of benzene rings is 1. The van der Waals surface area contributed by atoms with E-state index in [1.54, 1.807) is 0 Å². The maximum absolute atomic E-state index is 12.5. The predicted molar refractivity (Wildman–Crippen MR) is 79.1 cm³/mol. The highest BCUT2D eigenvalue weighted by Crippen LogP contribution is 2.29. The number of carbonyl (C=O) groups excluding carboxylic acids is 1. The zero-order valence-electron chi connectivity index (χ0n) is 13.0. The highest BCUT2D eigenvalue weighted by molar-refractivity contribution is 5.89. The Morgan fingerprint density at radius 1 is 1.04 bits per heavy atom. The first-order chi connectivity index (χ1) is 11.5. The average Bonchev–Trinajstić information content (AvgIpc) is 2.47. The summed E-state index contributed by atoms with van der Waals surface area (Å²) in [6.45, 7) is -0.549. The molecule has 0 aliphatic carbocycles. The van der Waals surface area contributed by atoms with Gasteiger partial charge >= 0.3 is 18.4 Å². The largest absolute Gasteiger partial charge is 0.416 e. The number of nitrogens with one attached hydrogen (secondary N) is 2. The summed E-state index contributed by atoms with van der Waals surface area (Å²) in [4.78, 5) is 13.1. The number of alkyl halides is 6. The average molecular weight is 369 g/mol. The number of amides is 2. The molecule has 1 aliphatic rings. The van der Waals surface area contributed by atoms with Gasteiger partial charge in [0.05, 0.1) is 12.1 Å². The van der Waals surface area contributed by atoms with E-state index >= 15 is 0 Å². The third kappa shape index (κ3) is 6.45. The molecule has 0 bridgehead atoms. The van der Waals surface area contributed by atoms with Gasteiger partial charge in [0, 0.05) is 24.8 Å². The normalized spacial score (nSPS) is 17.4. The number of hydrogen-bond donors (Lipinski definition) is 2. The van der Waals surface area contributed by atoms with Gasteiger partial charge in [0.2, 0.25) is 0 Å². The molecule has 0 aromatic heterocycles. The number of likely N-dealkylation sites (tertiary alicyclic amines) is 1. The SMILES string of the molecule is O=C(Nc1ccc(C(F)(F)F)cc1)NC1CCN(CC(F)(F)F)CC1. The molecule has 10 heteroatoms. The van der Waals surface area contributed by atoms with Gasteiger partial charge in [-0.15, -0.1) is 0 Å². The second-order valence-electron chi connectivity index (χ2n) is 5.84. The summed E-state index contributed by atoms with van der Waals surface area (Å²) in [5.74, 6) is 0. The van der Waals surface area contributed by atoms with E-state index in [4.69, 9.17) is 0 Å². The van der Waals surface area contributed by atoms with Crippen LogP contribution in [0.3, 0.4) is 0 Å². The van der Waals surface area contributed by atoms with E-state index < -0.39 is 30.5 Å². The van der Waals surface area contributed by atoms with Gasteiger partial charge in [0.1, 0.15) is 0 Å². The first kappa shape index (κ1) is 19.4. The van der Waals surface area contributed by atoms with Crippen LogP contribution < -0.4 is 10.6 Å². The fraction of sp³-hybridized carbons (Fsp3) is 0.533. The zero-order chi connectivity index (χ0) is 18.7. The minimum Gasteiger partial charge on any atom is -0.335 e. The molecule has 1 aliphatic heterocycles. The Balaban J connectivity index is 1.78. The van der Waals surface area contributed by atoms with Crippen LogP contribution in [0.2, 0.25) is 0 Å². The number of carbonyl (C=O) groups is 1. The third-order valence-electron chi connectivity index (χ3n) is 3.80. The molecule has 2 N–H and O–H groups in total. The van der Waals surface area contributed by atoms with E-state index in [-0.39, 0.29) is 24.8 Å². The lowest BCUT2D eigenvalue weighted by Gasteiger charge is -2.32. The lowest BCUT2D eigenvalue weighted by molar-refractivity contribution is -0.148. The van der Waals surface area contributed by atoms with E-state index in [1.165, 1.54) is 4.90 Å². The Kier molecular flexibility index (Phi) is 5.81. The van der Waals surface area contributed by atoms with Gasteiger partial charge in [0.25, 0.3) is 0 Å². The van der Waals surface area contributed by atoms with Crippen LogP contribution in [0.1, 0.15) is 18.4 Å². The molecule has 0 saturated carbocycles. The van der Waals surface area contributed by atoms with Crippen molar-refractivity contribution in [3.63, 3.8) is 0 Å². The monoisotopic (exact) mass is 369 g/mol. The molecule has 25 heavy (non-hydrogen) atoms. The van der Waals surface area contributed by atoms with Gasteiger partial charge in [-0.2, -0.15) is 26.3 Å². The lowest BCUT2D eigenvalue weighted by atomic mass is 10.1. The summed E-state index contributed by atoms with van der Waals surface area (Å²) in [6, 6.07) is 3.09. The van der Waals surface area contributed by atoms with Crippen molar-refractivity contribution >= 4 is 11.7 Å². The molecule has 0 spiro atoms.